The van der Waals surface area contributed by atoms with Crippen LogP contribution in [0.5, 0.6) is 0 Å². The molecule has 4 rings (SSSR count). The summed E-state index contributed by atoms with van der Waals surface area (Å²) in [5.74, 6) is 0.757. The Kier molecular flexibility index (Phi) is 5.99. The summed E-state index contributed by atoms with van der Waals surface area (Å²) in [6.45, 7) is 5.85. The van der Waals surface area contributed by atoms with E-state index in [0.717, 1.165) is 25.3 Å². The van der Waals surface area contributed by atoms with Crippen molar-refractivity contribution in [2.75, 3.05) is 40.0 Å². The zero-order valence-corrected chi connectivity index (χ0v) is 17.4. The van der Waals surface area contributed by atoms with Crippen molar-refractivity contribution in [3.63, 3.8) is 0 Å². The standard InChI is InChI=1S/C22H30N4O3/c1-15-10-16(25(2)24-15)11-26-12-19-17-6-4-5-7-18(17)22(20(19)13-26)23-21(27)14-29-9-8-28-3/h4-7,10,19-20,22H,8-9,11-14H2,1-3H3,(H,23,27)/t19-,20-,22+/m0/s1. The number of ether oxygens (including phenoxy) is 2. The van der Waals surface area contributed by atoms with Crippen molar-refractivity contribution in [2.45, 2.75) is 25.4 Å². The minimum atomic E-state index is -0.0673. The first-order valence-electron chi connectivity index (χ1n) is 10.2. The zero-order chi connectivity index (χ0) is 20.4. The van der Waals surface area contributed by atoms with Crippen LogP contribution < -0.4 is 5.32 Å². The molecule has 1 fully saturated rings. The van der Waals surface area contributed by atoms with Gasteiger partial charge in [-0.25, -0.2) is 0 Å². The van der Waals surface area contributed by atoms with Crippen LogP contribution in [0.1, 0.15) is 34.5 Å². The summed E-state index contributed by atoms with van der Waals surface area (Å²) in [6.07, 6.45) is 0. The molecular weight excluding hydrogens is 368 g/mol. The van der Waals surface area contributed by atoms with E-state index in [9.17, 15) is 4.79 Å². The Balaban J connectivity index is 1.45. The fourth-order valence-electron chi connectivity index (χ4n) is 4.82. The van der Waals surface area contributed by atoms with Crippen molar-refractivity contribution in [3.8, 4) is 0 Å². The van der Waals surface area contributed by atoms with Crippen molar-refractivity contribution in [3.05, 3.63) is 52.8 Å². The van der Waals surface area contributed by atoms with Gasteiger partial charge in [-0.15, -0.1) is 0 Å². The summed E-state index contributed by atoms with van der Waals surface area (Å²) in [7, 11) is 3.62. The third kappa shape index (κ3) is 4.22. The van der Waals surface area contributed by atoms with E-state index in [-0.39, 0.29) is 18.6 Å². The van der Waals surface area contributed by atoms with Crippen molar-refractivity contribution in [1.82, 2.24) is 20.0 Å². The van der Waals surface area contributed by atoms with Gasteiger partial charge >= 0.3 is 0 Å². The molecule has 2 aliphatic rings. The number of methoxy groups -OCH3 is 1. The maximum atomic E-state index is 12.5. The highest BCUT2D eigenvalue weighted by Gasteiger charge is 2.46. The number of hydrogen-bond acceptors (Lipinski definition) is 5. The van der Waals surface area contributed by atoms with Gasteiger partial charge in [0.05, 0.1) is 30.6 Å². The summed E-state index contributed by atoms with van der Waals surface area (Å²) >= 11 is 0. The molecule has 2 aromatic rings. The van der Waals surface area contributed by atoms with E-state index in [1.165, 1.54) is 16.8 Å². The lowest BCUT2D eigenvalue weighted by atomic mass is 9.94. The first-order chi connectivity index (χ1) is 14.1. The lowest BCUT2D eigenvalue weighted by molar-refractivity contribution is -0.127. The number of fused-ring (bicyclic) bond motifs is 3. The van der Waals surface area contributed by atoms with Gasteiger partial charge in [0.2, 0.25) is 5.91 Å². The van der Waals surface area contributed by atoms with Gasteiger partial charge in [-0.05, 0) is 24.1 Å². The number of likely N-dealkylation sites (tertiary alicyclic amines) is 1. The second kappa shape index (κ2) is 8.65. The molecule has 29 heavy (non-hydrogen) atoms. The first kappa shape index (κ1) is 20.1. The molecular formula is C22H30N4O3. The molecule has 0 bridgehead atoms. The molecule has 2 heterocycles. The Morgan fingerprint density at radius 2 is 2.03 bits per heavy atom. The van der Waals surface area contributed by atoms with Crippen LogP contribution in [-0.2, 0) is 27.9 Å². The van der Waals surface area contributed by atoms with E-state index in [1.807, 2.05) is 18.7 Å². The molecule has 0 radical (unpaired) electrons. The molecule has 1 aromatic heterocycles. The Morgan fingerprint density at radius 1 is 1.24 bits per heavy atom. The van der Waals surface area contributed by atoms with Gasteiger partial charge in [0.15, 0.2) is 0 Å². The molecule has 0 saturated carbocycles. The highest BCUT2D eigenvalue weighted by Crippen LogP contribution is 2.49. The van der Waals surface area contributed by atoms with E-state index in [2.05, 4.69) is 45.6 Å². The number of rotatable bonds is 8. The molecule has 156 valence electrons. The Morgan fingerprint density at radius 3 is 2.76 bits per heavy atom. The van der Waals surface area contributed by atoms with Crippen LogP contribution >= 0.6 is 0 Å². The predicted octanol–water partition coefficient (Wildman–Crippen LogP) is 1.78. The van der Waals surface area contributed by atoms with Crippen LogP contribution in [0, 0.1) is 12.8 Å². The molecule has 7 nitrogen and oxygen atoms in total. The van der Waals surface area contributed by atoms with Gasteiger partial charge in [0.1, 0.15) is 6.61 Å². The molecule has 1 N–H and O–H groups in total. The van der Waals surface area contributed by atoms with Crippen LogP contribution in [0.15, 0.2) is 30.3 Å². The number of nitrogens with zero attached hydrogens (tertiary/aromatic N) is 3. The SMILES string of the molecule is COCCOCC(=O)N[C@@H]1c2ccccc2[C@@H]2CN(Cc3cc(C)nn3C)C[C@H]12. The quantitative estimate of drug-likeness (QED) is 0.687. The third-order valence-electron chi connectivity index (χ3n) is 6.07. The van der Waals surface area contributed by atoms with Crippen molar-refractivity contribution >= 4 is 5.91 Å². The monoisotopic (exact) mass is 398 g/mol. The van der Waals surface area contributed by atoms with E-state index < -0.39 is 0 Å². The lowest BCUT2D eigenvalue weighted by Crippen LogP contribution is -2.36. The molecule has 1 amide bonds. The van der Waals surface area contributed by atoms with Crippen molar-refractivity contribution in [2.24, 2.45) is 13.0 Å². The Bertz CT molecular complexity index is 865. The van der Waals surface area contributed by atoms with Crippen molar-refractivity contribution < 1.29 is 14.3 Å². The number of benzene rings is 1. The summed E-state index contributed by atoms with van der Waals surface area (Å²) in [5, 5.41) is 7.70. The second-order valence-corrected chi connectivity index (χ2v) is 8.08. The maximum absolute atomic E-state index is 12.5. The topological polar surface area (TPSA) is 68.6 Å². The van der Waals surface area contributed by atoms with E-state index in [4.69, 9.17) is 9.47 Å². The maximum Gasteiger partial charge on any atom is 0.246 e. The molecule has 1 saturated heterocycles. The van der Waals surface area contributed by atoms with Gasteiger partial charge in [0, 0.05) is 45.6 Å². The number of nitrogens with one attached hydrogen (secondary N) is 1. The fraction of sp³-hybridized carbons (Fsp3) is 0.545. The first-order valence-corrected chi connectivity index (χ1v) is 10.2. The van der Waals surface area contributed by atoms with E-state index in [1.54, 1.807) is 7.11 Å². The smallest absolute Gasteiger partial charge is 0.246 e. The predicted molar refractivity (Wildman–Crippen MR) is 109 cm³/mol. The van der Waals surface area contributed by atoms with Crippen LogP contribution in [0.4, 0.5) is 0 Å². The van der Waals surface area contributed by atoms with Crippen molar-refractivity contribution in [1.29, 1.82) is 0 Å². The van der Waals surface area contributed by atoms with E-state index >= 15 is 0 Å². The minimum Gasteiger partial charge on any atom is -0.382 e. The van der Waals surface area contributed by atoms with Gasteiger partial charge in [-0.2, -0.15) is 5.10 Å². The summed E-state index contributed by atoms with van der Waals surface area (Å²) in [6, 6.07) is 10.7. The Hall–Kier alpha value is -2.22. The third-order valence-corrected chi connectivity index (χ3v) is 6.07. The van der Waals surface area contributed by atoms with Crippen LogP contribution in [-0.4, -0.2) is 60.6 Å². The molecule has 1 aliphatic heterocycles. The molecule has 0 spiro atoms. The highest BCUT2D eigenvalue weighted by atomic mass is 16.5. The fourth-order valence-corrected chi connectivity index (χ4v) is 4.82. The second-order valence-electron chi connectivity index (χ2n) is 8.08. The summed E-state index contributed by atoms with van der Waals surface area (Å²) in [4.78, 5) is 15.0. The summed E-state index contributed by atoms with van der Waals surface area (Å²) < 4.78 is 12.3. The normalized spacial score (nSPS) is 23.2. The zero-order valence-electron chi connectivity index (χ0n) is 17.4. The molecule has 3 atom stereocenters. The molecule has 7 heteroatoms. The van der Waals surface area contributed by atoms with Gasteiger partial charge in [0.25, 0.3) is 0 Å². The van der Waals surface area contributed by atoms with Crippen LogP contribution in [0.3, 0.4) is 0 Å². The number of amides is 1. The largest absolute Gasteiger partial charge is 0.382 e. The average Bonchev–Trinajstić information content (AvgIpc) is 3.33. The van der Waals surface area contributed by atoms with E-state index in [0.29, 0.717) is 25.0 Å². The lowest BCUT2D eigenvalue weighted by Gasteiger charge is -2.23. The van der Waals surface area contributed by atoms with Gasteiger partial charge in [-0.3, -0.25) is 14.4 Å². The average molecular weight is 399 g/mol. The minimum absolute atomic E-state index is 0.0352. The molecule has 0 unspecified atom stereocenters. The molecule has 1 aromatic carbocycles. The van der Waals surface area contributed by atoms with Gasteiger partial charge < -0.3 is 14.8 Å². The van der Waals surface area contributed by atoms with Gasteiger partial charge in [-0.1, -0.05) is 24.3 Å². The molecule has 1 aliphatic carbocycles. The van der Waals surface area contributed by atoms with Crippen LogP contribution in [0.2, 0.25) is 0 Å². The van der Waals surface area contributed by atoms with Crippen LogP contribution in [0.25, 0.3) is 0 Å². The number of aryl methyl sites for hydroxylation is 2. The highest BCUT2D eigenvalue weighted by molar-refractivity contribution is 5.78. The number of aromatic nitrogens is 2. The summed E-state index contributed by atoms with van der Waals surface area (Å²) in [5.41, 5.74) is 4.89. The Labute approximate surface area is 172 Å². The number of carbonyl (C=O) groups excluding carboxylic acids is 1. The number of carbonyl (C=O) groups is 1. The number of hydrogen-bond donors (Lipinski definition) is 1.